The average molecular weight is 764 g/mol. The molecule has 5 heterocycles. The number of oxime groups is 1. The number of thioether (sulfide) groups is 1. The van der Waals surface area contributed by atoms with Crippen LogP contribution in [0.5, 0.6) is 11.5 Å². The van der Waals surface area contributed by atoms with Crippen molar-refractivity contribution in [1.29, 1.82) is 0 Å². The number of hydrogen-bond acceptors (Lipinski definition) is 15. The first-order valence-corrected chi connectivity index (χ1v) is 17.7. The molecule has 2 fully saturated rings. The van der Waals surface area contributed by atoms with Crippen molar-refractivity contribution in [2.75, 3.05) is 31.1 Å². The Labute approximate surface area is 302 Å². The number of nitrogens with zero attached hydrogens (tertiary/aromatic N) is 6. The fourth-order valence-corrected chi connectivity index (χ4v) is 8.17. The van der Waals surface area contributed by atoms with Crippen molar-refractivity contribution >= 4 is 69.3 Å². The molecule has 2 saturated heterocycles. The number of phenols is 2. The van der Waals surface area contributed by atoms with Crippen LogP contribution >= 0.6 is 34.7 Å². The zero-order valence-electron chi connectivity index (χ0n) is 27.0. The Morgan fingerprint density at radius 3 is 2.57 bits per heavy atom. The molecule has 1 aromatic carbocycles. The highest BCUT2D eigenvalue weighted by Gasteiger charge is 2.55. The molecule has 51 heavy (non-hydrogen) atoms. The lowest BCUT2D eigenvalue weighted by Gasteiger charge is -2.50. The zero-order chi connectivity index (χ0) is 36.8. The number of carbonyl (C=O) groups excluding carboxylic acids is 2. The van der Waals surface area contributed by atoms with Gasteiger partial charge in [-0.25, -0.2) is 14.6 Å². The predicted molar refractivity (Wildman–Crippen MR) is 181 cm³/mol. The van der Waals surface area contributed by atoms with Gasteiger partial charge in [0.05, 0.1) is 18.1 Å². The van der Waals surface area contributed by atoms with E-state index in [-0.39, 0.29) is 57.7 Å². The molecule has 2 atom stereocenters. The number of aromatic hydroxyl groups is 2. The third kappa shape index (κ3) is 6.90. The number of anilines is 1. The number of phenolic OH excluding ortho intramolecular Hbond substituents is 2. The summed E-state index contributed by atoms with van der Waals surface area (Å²) in [5.74, 6) is -4.48. The highest BCUT2D eigenvalue weighted by molar-refractivity contribution is 8.00. The number of aromatic nitrogens is 3. The fraction of sp³-hybridized carbons (Fsp3) is 0.400. The van der Waals surface area contributed by atoms with Gasteiger partial charge in [-0.1, -0.05) is 21.9 Å². The van der Waals surface area contributed by atoms with E-state index >= 15 is 0 Å². The number of benzene rings is 1. The number of carboxylic acids is 2. The summed E-state index contributed by atoms with van der Waals surface area (Å²) >= 11 is 8.49. The maximum atomic E-state index is 13.5. The van der Waals surface area contributed by atoms with E-state index in [1.165, 1.54) is 43.1 Å². The number of nitrogens with two attached hydrogens (primary N) is 1. The molecule has 2 aromatic heterocycles. The minimum Gasteiger partial charge on any atom is -0.504 e. The molecule has 0 radical (unpaired) electrons. The number of rotatable bonds is 12. The van der Waals surface area contributed by atoms with Gasteiger partial charge in [-0.2, -0.15) is 4.98 Å². The molecule has 0 aliphatic carbocycles. The van der Waals surface area contributed by atoms with Crippen LogP contribution in [0.2, 0.25) is 5.02 Å². The smallest absolute Gasteiger partial charge is 0.352 e. The SMILES string of the molecule is CC(C)(O/N=C(\C(=O)N[C@@H]1C(=O)N2C(C(=O)O)=C(C[N+]3(Cc4nc(-c5ccc(O)c(O)c5Cl)no4)CCCC3)CS[C@H]12)c1csc(N)n1)C(=O)O. The quantitative estimate of drug-likeness (QED) is 0.0506. The number of thiazole rings is 1. The number of β-lactam (4-membered cyclic amide) rings is 1. The van der Waals surface area contributed by atoms with Gasteiger partial charge < -0.3 is 45.3 Å². The Morgan fingerprint density at radius 2 is 1.92 bits per heavy atom. The first-order valence-electron chi connectivity index (χ1n) is 15.4. The number of halogens is 1. The lowest BCUT2D eigenvalue weighted by Crippen LogP contribution is -2.71. The van der Waals surface area contributed by atoms with Gasteiger partial charge in [-0.3, -0.25) is 14.5 Å². The van der Waals surface area contributed by atoms with Crippen LogP contribution in [0.4, 0.5) is 5.13 Å². The van der Waals surface area contributed by atoms with Crippen LogP contribution in [0.3, 0.4) is 0 Å². The van der Waals surface area contributed by atoms with E-state index in [1.807, 2.05) is 0 Å². The molecule has 0 spiro atoms. The summed E-state index contributed by atoms with van der Waals surface area (Å²) in [6.07, 6.45) is 1.73. The molecule has 3 aromatic rings. The number of aliphatic carboxylic acids is 2. The Bertz CT molecular complexity index is 1990. The molecule has 3 aliphatic heterocycles. The number of likely N-dealkylation sites (tertiary alicyclic amines) is 1. The van der Waals surface area contributed by atoms with Crippen molar-refractivity contribution in [3.63, 3.8) is 0 Å². The van der Waals surface area contributed by atoms with Gasteiger partial charge in [0, 0.05) is 35.1 Å². The van der Waals surface area contributed by atoms with Crippen molar-refractivity contribution in [3.05, 3.63) is 45.4 Å². The van der Waals surface area contributed by atoms with Crippen molar-refractivity contribution < 1.29 is 53.4 Å². The minimum atomic E-state index is -1.79. The van der Waals surface area contributed by atoms with E-state index < -0.39 is 58.0 Å². The molecule has 21 heteroatoms. The zero-order valence-corrected chi connectivity index (χ0v) is 29.4. The Hall–Kier alpha value is -4.92. The van der Waals surface area contributed by atoms with E-state index in [9.17, 15) is 39.6 Å². The summed E-state index contributed by atoms with van der Waals surface area (Å²) in [6, 6.07) is 1.58. The number of hydrogen-bond donors (Lipinski definition) is 6. The van der Waals surface area contributed by atoms with Crippen molar-refractivity contribution in [2.24, 2.45) is 5.16 Å². The molecule has 7 N–H and O–H groups in total. The lowest BCUT2D eigenvalue weighted by molar-refractivity contribution is -0.926. The first kappa shape index (κ1) is 35.9. The summed E-state index contributed by atoms with van der Waals surface area (Å²) in [6.45, 7) is 4.37. The second-order valence-corrected chi connectivity index (χ2v) is 15.0. The largest absolute Gasteiger partial charge is 0.504 e. The highest BCUT2D eigenvalue weighted by Crippen LogP contribution is 2.42. The normalized spacial score (nSPS) is 20.2. The van der Waals surface area contributed by atoms with Gasteiger partial charge in [-0.15, -0.1) is 23.1 Å². The van der Waals surface area contributed by atoms with Crippen LogP contribution in [0.25, 0.3) is 11.4 Å². The lowest BCUT2D eigenvalue weighted by atomic mass is 10.0. The summed E-state index contributed by atoms with van der Waals surface area (Å²) < 4.78 is 5.92. The third-order valence-electron chi connectivity index (χ3n) is 8.71. The predicted octanol–water partition coefficient (Wildman–Crippen LogP) is 1.97. The van der Waals surface area contributed by atoms with Gasteiger partial charge in [-0.05, 0) is 26.0 Å². The van der Waals surface area contributed by atoms with Gasteiger partial charge in [0.25, 0.3) is 17.7 Å². The summed E-state index contributed by atoms with van der Waals surface area (Å²) in [5, 5.41) is 50.5. The van der Waals surface area contributed by atoms with Gasteiger partial charge in [0.15, 0.2) is 28.9 Å². The average Bonchev–Trinajstić information content (AvgIpc) is 3.84. The standard InChI is InChI=1S/C30H31ClN8O10S2/c1-30(2,28(46)47)49-36-19(15-12-51-29(32)33-15)24(42)35-20-25(43)38-21(27(44)45)13(11-50-26(20)38)9-39(7-3-4-8-39)10-17-34-23(37-48-17)14-5-6-16(40)22(41)18(14)31/h5-6,12,20,26H,3-4,7-11H2,1-2H3,(H6-,32,33,35,36,37,40,41,42,44,45,46,47)/p+1/t20-,26-/m1/s1. The Kier molecular flexibility index (Phi) is 9.61. The Balaban J connectivity index is 1.21. The maximum Gasteiger partial charge on any atom is 0.352 e. The molecule has 0 bridgehead atoms. The second kappa shape index (κ2) is 13.7. The number of nitrogen functional groups attached to an aromatic ring is 1. The first-order chi connectivity index (χ1) is 24.1. The molecule has 6 rings (SSSR count). The van der Waals surface area contributed by atoms with Crippen LogP contribution in [-0.4, -0.2) is 117 Å². The molecule has 2 amide bonds. The van der Waals surface area contributed by atoms with E-state index in [2.05, 4.69) is 25.6 Å². The van der Waals surface area contributed by atoms with E-state index in [1.54, 1.807) is 0 Å². The van der Waals surface area contributed by atoms with Gasteiger partial charge in [0.2, 0.25) is 11.4 Å². The topological polar surface area (TPSA) is 264 Å². The maximum absolute atomic E-state index is 13.5. The molecule has 0 saturated carbocycles. The number of fused-ring (bicyclic) bond motifs is 1. The summed E-state index contributed by atoms with van der Waals surface area (Å²) in [7, 11) is 0. The van der Waals surface area contributed by atoms with Crippen LogP contribution < -0.4 is 11.1 Å². The molecular formula is C30H32ClN8O10S2+. The molecule has 18 nitrogen and oxygen atoms in total. The van der Waals surface area contributed by atoms with Crippen LogP contribution in [-0.2, 0) is 30.6 Å². The number of nitrogens with one attached hydrogen (secondary N) is 1. The summed E-state index contributed by atoms with van der Waals surface area (Å²) in [5.41, 5.74) is 4.15. The monoisotopic (exact) mass is 763 g/mol. The van der Waals surface area contributed by atoms with Crippen molar-refractivity contribution in [2.45, 2.75) is 50.3 Å². The third-order valence-corrected chi connectivity index (χ3v) is 11.1. The number of quaternary nitrogens is 1. The number of carboxylic acid groups (broad SMARTS) is 2. The highest BCUT2D eigenvalue weighted by atomic mass is 35.5. The van der Waals surface area contributed by atoms with Crippen LogP contribution in [0, 0.1) is 0 Å². The van der Waals surface area contributed by atoms with Gasteiger partial charge in [0.1, 0.15) is 29.4 Å². The van der Waals surface area contributed by atoms with Crippen molar-refractivity contribution in [1.82, 2.24) is 25.3 Å². The molecule has 0 unspecified atom stereocenters. The summed E-state index contributed by atoms with van der Waals surface area (Å²) in [4.78, 5) is 66.0. The van der Waals surface area contributed by atoms with Crippen LogP contribution in [0.15, 0.2) is 38.5 Å². The fourth-order valence-electron chi connectivity index (χ4n) is 6.04. The molecule has 3 aliphatic rings. The van der Waals surface area contributed by atoms with E-state index in [0.29, 0.717) is 23.1 Å². The second-order valence-electron chi connectivity index (χ2n) is 12.7. The Morgan fingerprint density at radius 1 is 1.20 bits per heavy atom. The number of amides is 2. The molecule has 270 valence electrons. The van der Waals surface area contributed by atoms with E-state index in [0.717, 1.165) is 29.1 Å². The van der Waals surface area contributed by atoms with Crippen LogP contribution in [0.1, 0.15) is 38.3 Å². The minimum absolute atomic E-state index is 0.00169. The van der Waals surface area contributed by atoms with Crippen molar-refractivity contribution in [3.8, 4) is 22.9 Å². The van der Waals surface area contributed by atoms with Gasteiger partial charge >= 0.3 is 11.9 Å². The number of carbonyl (C=O) groups is 4. The molecular weight excluding hydrogens is 732 g/mol. The van der Waals surface area contributed by atoms with E-state index in [4.69, 9.17) is 26.7 Å².